The molecule has 1 N–H and O–H groups in total. The van der Waals surface area contributed by atoms with Gasteiger partial charge in [0.15, 0.2) is 0 Å². The molecule has 0 aliphatic carbocycles. The summed E-state index contributed by atoms with van der Waals surface area (Å²) in [5.74, 6) is 0. The third kappa shape index (κ3) is 4.56. The molecule has 1 unspecified atom stereocenters. The number of halogens is 2. The number of thiophene rings is 1. The molecule has 4 heteroatoms. The Morgan fingerprint density at radius 1 is 1.24 bits per heavy atom. The Morgan fingerprint density at radius 2 is 2.05 bits per heavy atom. The summed E-state index contributed by atoms with van der Waals surface area (Å²) in [4.78, 5) is 1.45. The smallest absolute Gasteiger partial charge is 0.0458 e. The highest BCUT2D eigenvalue weighted by Crippen LogP contribution is 2.31. The van der Waals surface area contributed by atoms with Crippen molar-refractivity contribution in [3.05, 3.63) is 55.1 Å². The molecule has 0 spiro atoms. The second kappa shape index (κ2) is 8.33. The minimum atomic E-state index is 0.346. The van der Waals surface area contributed by atoms with E-state index in [4.69, 9.17) is 11.6 Å². The molecule has 0 radical (unpaired) electrons. The Kier molecular flexibility index (Phi) is 6.74. The Labute approximate surface area is 144 Å². The van der Waals surface area contributed by atoms with Crippen molar-refractivity contribution in [3.8, 4) is 0 Å². The van der Waals surface area contributed by atoms with Gasteiger partial charge in [-0.15, -0.1) is 11.3 Å². The first-order chi connectivity index (χ1) is 10.2. The molecule has 21 heavy (non-hydrogen) atoms. The molecule has 0 aliphatic rings. The average Bonchev–Trinajstić information content (AvgIpc) is 2.94. The molecular weight excluding hydrogens is 366 g/mol. The van der Waals surface area contributed by atoms with E-state index in [9.17, 15) is 0 Å². The van der Waals surface area contributed by atoms with Crippen LogP contribution in [0.1, 0.15) is 42.3 Å². The summed E-state index contributed by atoms with van der Waals surface area (Å²) in [7, 11) is 0. The summed E-state index contributed by atoms with van der Waals surface area (Å²) in [6, 6.07) is 8.74. The molecule has 114 valence electrons. The minimum Gasteiger partial charge on any atom is -0.309 e. The maximum Gasteiger partial charge on any atom is 0.0458 e. The zero-order valence-corrected chi connectivity index (χ0v) is 15.6. The van der Waals surface area contributed by atoms with E-state index in [1.165, 1.54) is 16.0 Å². The maximum atomic E-state index is 6.39. The molecule has 0 saturated carbocycles. The van der Waals surface area contributed by atoms with E-state index in [1.807, 2.05) is 17.4 Å². The highest BCUT2D eigenvalue weighted by Gasteiger charge is 2.17. The first kappa shape index (κ1) is 17.0. The molecule has 1 aromatic carbocycles. The molecule has 2 rings (SSSR count). The quantitative estimate of drug-likeness (QED) is 0.614. The third-order valence-corrected chi connectivity index (χ3v) is 5.48. The first-order valence-electron chi connectivity index (χ1n) is 7.39. The van der Waals surface area contributed by atoms with E-state index in [1.54, 1.807) is 0 Å². The molecular formula is C17H21BrClNS. The summed E-state index contributed by atoms with van der Waals surface area (Å²) in [5.41, 5.74) is 2.64. The Bertz CT molecular complexity index is 582. The molecule has 0 bridgehead atoms. The van der Waals surface area contributed by atoms with Crippen molar-refractivity contribution >= 4 is 38.9 Å². The van der Waals surface area contributed by atoms with Gasteiger partial charge in [-0.1, -0.05) is 47.4 Å². The van der Waals surface area contributed by atoms with Crippen LogP contribution >= 0.6 is 38.9 Å². The summed E-state index contributed by atoms with van der Waals surface area (Å²) in [5, 5.41) is 6.70. The standard InChI is InChI=1S/C17H21BrClNS/c1-3-8-20-16(17-12(4-2)7-9-21-17)10-13-5-6-14(18)11-15(13)19/h5-7,9,11,16,20H,3-4,8,10H2,1-2H3. The first-order valence-corrected chi connectivity index (χ1v) is 9.44. The fourth-order valence-electron chi connectivity index (χ4n) is 2.43. The van der Waals surface area contributed by atoms with Gasteiger partial charge in [-0.2, -0.15) is 0 Å². The number of rotatable bonds is 7. The SMILES string of the molecule is CCCNC(Cc1ccc(Br)cc1Cl)c1sccc1CC. The highest BCUT2D eigenvalue weighted by molar-refractivity contribution is 9.10. The van der Waals surface area contributed by atoms with Crippen LogP contribution in [0.3, 0.4) is 0 Å². The average molecular weight is 387 g/mol. The fourth-order valence-corrected chi connectivity index (χ4v) is 4.25. The van der Waals surface area contributed by atoms with Gasteiger partial charge in [0.2, 0.25) is 0 Å². The zero-order valence-electron chi connectivity index (χ0n) is 12.5. The molecule has 0 fully saturated rings. The lowest BCUT2D eigenvalue weighted by Crippen LogP contribution is -2.24. The number of benzene rings is 1. The number of hydrogen-bond acceptors (Lipinski definition) is 2. The van der Waals surface area contributed by atoms with Crippen LogP contribution in [-0.2, 0) is 12.8 Å². The maximum absolute atomic E-state index is 6.39. The molecule has 0 saturated heterocycles. The van der Waals surface area contributed by atoms with Crippen LogP contribution in [0.2, 0.25) is 5.02 Å². The number of aryl methyl sites for hydroxylation is 1. The van der Waals surface area contributed by atoms with E-state index in [-0.39, 0.29) is 0 Å². The lowest BCUT2D eigenvalue weighted by Gasteiger charge is -2.20. The zero-order chi connectivity index (χ0) is 15.2. The van der Waals surface area contributed by atoms with Crippen LogP contribution < -0.4 is 5.32 Å². The van der Waals surface area contributed by atoms with Crippen LogP contribution in [0.15, 0.2) is 34.1 Å². The van der Waals surface area contributed by atoms with Gasteiger partial charge in [-0.3, -0.25) is 0 Å². The van der Waals surface area contributed by atoms with Crippen molar-refractivity contribution in [2.45, 2.75) is 39.2 Å². The van der Waals surface area contributed by atoms with E-state index < -0.39 is 0 Å². The van der Waals surface area contributed by atoms with Crippen molar-refractivity contribution in [1.29, 1.82) is 0 Å². The summed E-state index contributed by atoms with van der Waals surface area (Å²) >= 11 is 11.7. The monoisotopic (exact) mass is 385 g/mol. The van der Waals surface area contributed by atoms with Gasteiger partial charge in [0, 0.05) is 20.4 Å². The number of hydrogen-bond donors (Lipinski definition) is 1. The van der Waals surface area contributed by atoms with Crippen LogP contribution in [-0.4, -0.2) is 6.54 Å². The topological polar surface area (TPSA) is 12.0 Å². The van der Waals surface area contributed by atoms with Gasteiger partial charge >= 0.3 is 0 Å². The van der Waals surface area contributed by atoms with Crippen LogP contribution in [0.25, 0.3) is 0 Å². The van der Waals surface area contributed by atoms with Gasteiger partial charge in [0.25, 0.3) is 0 Å². The molecule has 0 aliphatic heterocycles. The largest absolute Gasteiger partial charge is 0.309 e. The molecule has 1 heterocycles. The highest BCUT2D eigenvalue weighted by atomic mass is 79.9. The third-order valence-electron chi connectivity index (χ3n) is 3.56. The van der Waals surface area contributed by atoms with E-state index in [0.29, 0.717) is 6.04 Å². The number of nitrogens with one attached hydrogen (secondary N) is 1. The molecule has 1 atom stereocenters. The predicted molar refractivity (Wildman–Crippen MR) is 97.6 cm³/mol. The predicted octanol–water partition coefficient (Wildman–Crippen LogP) is 6.01. The van der Waals surface area contributed by atoms with Crippen molar-refractivity contribution in [3.63, 3.8) is 0 Å². The van der Waals surface area contributed by atoms with Crippen molar-refractivity contribution in [1.82, 2.24) is 5.32 Å². The summed E-state index contributed by atoms with van der Waals surface area (Å²) in [6.07, 6.45) is 3.15. The normalized spacial score (nSPS) is 12.6. The fraction of sp³-hybridized carbons (Fsp3) is 0.412. The molecule has 2 aromatic rings. The van der Waals surface area contributed by atoms with Crippen LogP contribution in [0.4, 0.5) is 0 Å². The molecule has 0 amide bonds. The molecule has 1 aromatic heterocycles. The van der Waals surface area contributed by atoms with Gasteiger partial charge < -0.3 is 5.32 Å². The Morgan fingerprint density at radius 3 is 2.71 bits per heavy atom. The van der Waals surface area contributed by atoms with Gasteiger partial charge in [0.05, 0.1) is 0 Å². The summed E-state index contributed by atoms with van der Waals surface area (Å²) in [6.45, 7) is 5.45. The van der Waals surface area contributed by atoms with E-state index in [2.05, 4.69) is 58.7 Å². The summed E-state index contributed by atoms with van der Waals surface area (Å²) < 4.78 is 1.03. The second-order valence-corrected chi connectivity index (χ2v) is 7.38. The lowest BCUT2D eigenvalue weighted by atomic mass is 10.0. The van der Waals surface area contributed by atoms with Gasteiger partial charge in [0.1, 0.15) is 0 Å². The van der Waals surface area contributed by atoms with Gasteiger partial charge in [-0.05, 0) is 60.5 Å². The van der Waals surface area contributed by atoms with Crippen molar-refractivity contribution < 1.29 is 0 Å². The van der Waals surface area contributed by atoms with Crippen LogP contribution in [0.5, 0.6) is 0 Å². The Hall–Kier alpha value is -0.350. The lowest BCUT2D eigenvalue weighted by molar-refractivity contribution is 0.534. The second-order valence-electron chi connectivity index (χ2n) is 5.11. The van der Waals surface area contributed by atoms with Crippen molar-refractivity contribution in [2.24, 2.45) is 0 Å². The van der Waals surface area contributed by atoms with Crippen LogP contribution in [0, 0.1) is 0 Å². The van der Waals surface area contributed by atoms with Crippen molar-refractivity contribution in [2.75, 3.05) is 6.54 Å². The van der Waals surface area contributed by atoms with E-state index >= 15 is 0 Å². The minimum absolute atomic E-state index is 0.346. The van der Waals surface area contributed by atoms with E-state index in [0.717, 1.165) is 35.3 Å². The Balaban J connectivity index is 2.24. The molecule has 1 nitrogen and oxygen atoms in total. The van der Waals surface area contributed by atoms with Gasteiger partial charge in [-0.25, -0.2) is 0 Å².